The summed E-state index contributed by atoms with van der Waals surface area (Å²) < 4.78 is 4.77. The summed E-state index contributed by atoms with van der Waals surface area (Å²) in [7, 11) is 0. The summed E-state index contributed by atoms with van der Waals surface area (Å²) in [5.74, 6) is 1.02. The first kappa shape index (κ1) is 10.1. The Labute approximate surface area is 83.3 Å². The van der Waals surface area contributed by atoms with Crippen LogP contribution in [0.5, 0.6) is 5.75 Å². The van der Waals surface area contributed by atoms with E-state index in [9.17, 15) is 4.79 Å². The number of thiol groups is 1. The summed E-state index contributed by atoms with van der Waals surface area (Å²) in [4.78, 5) is 10.5. The molecule has 0 saturated carbocycles. The normalized spacial score (nSPS) is 10.2. The second kappa shape index (κ2) is 4.33. The van der Waals surface area contributed by atoms with Crippen molar-refractivity contribution in [3.05, 3.63) is 29.8 Å². The van der Waals surface area contributed by atoms with Gasteiger partial charge in [0.2, 0.25) is 0 Å². The van der Waals surface area contributed by atoms with E-state index >= 15 is 0 Å². The molecule has 0 radical (unpaired) electrons. The molecule has 70 valence electrons. The first-order chi connectivity index (χ1) is 6.09. The third-order valence-electron chi connectivity index (χ3n) is 1.75. The molecule has 0 aromatic heterocycles. The van der Waals surface area contributed by atoms with Gasteiger partial charge in [-0.2, -0.15) is 0 Å². The highest BCUT2D eigenvalue weighted by atomic mass is 32.1. The Morgan fingerprint density at radius 1 is 1.31 bits per heavy atom. The van der Waals surface area contributed by atoms with Gasteiger partial charge in [0.25, 0.3) is 0 Å². The zero-order chi connectivity index (χ0) is 9.84. The average Bonchev–Trinajstić information content (AvgIpc) is 2.04. The Kier molecular flexibility index (Phi) is 3.37. The van der Waals surface area contributed by atoms with E-state index in [4.69, 9.17) is 4.74 Å². The van der Waals surface area contributed by atoms with E-state index in [1.54, 1.807) is 12.1 Å². The third-order valence-corrected chi connectivity index (χ3v) is 1.84. The van der Waals surface area contributed by atoms with Gasteiger partial charge in [0, 0.05) is 0 Å². The van der Waals surface area contributed by atoms with Gasteiger partial charge in [0.15, 0.2) is 0 Å². The van der Waals surface area contributed by atoms with Crippen LogP contribution in [0.25, 0.3) is 0 Å². The summed E-state index contributed by atoms with van der Waals surface area (Å²) in [5, 5.41) is -0.586. The monoisotopic (exact) mass is 196 g/mol. The van der Waals surface area contributed by atoms with Gasteiger partial charge in [-0.15, -0.1) is 0 Å². The average molecular weight is 196 g/mol. The van der Waals surface area contributed by atoms with Crippen molar-refractivity contribution >= 4 is 17.9 Å². The summed E-state index contributed by atoms with van der Waals surface area (Å²) >= 11 is 3.51. The van der Waals surface area contributed by atoms with E-state index in [0.717, 1.165) is 0 Å². The Balaban J connectivity index is 2.75. The molecule has 0 heterocycles. The zero-order valence-corrected chi connectivity index (χ0v) is 8.54. The molecule has 1 aromatic rings. The van der Waals surface area contributed by atoms with Crippen LogP contribution in [0.2, 0.25) is 0 Å². The maximum Gasteiger partial charge on any atom is 0.369 e. The number of hydrogen-bond donors (Lipinski definition) is 1. The van der Waals surface area contributed by atoms with Gasteiger partial charge in [0.1, 0.15) is 5.75 Å². The van der Waals surface area contributed by atoms with Crippen molar-refractivity contribution in [1.29, 1.82) is 0 Å². The molecular formula is C10H12O2S. The van der Waals surface area contributed by atoms with E-state index < -0.39 is 5.30 Å². The number of carbonyl (C=O) groups is 1. The molecule has 0 unspecified atom stereocenters. The van der Waals surface area contributed by atoms with Crippen LogP contribution in [0, 0.1) is 0 Å². The minimum Gasteiger partial charge on any atom is -0.419 e. The number of ether oxygens (including phenoxy) is 1. The van der Waals surface area contributed by atoms with Crippen molar-refractivity contribution in [2.24, 2.45) is 0 Å². The smallest absolute Gasteiger partial charge is 0.369 e. The van der Waals surface area contributed by atoms with Crippen LogP contribution in [0.4, 0.5) is 4.79 Å². The summed E-state index contributed by atoms with van der Waals surface area (Å²) in [6, 6.07) is 7.42. The standard InChI is InChI=1S/C10H12O2S/c1-7(2)8-3-5-9(6-4-8)12-10(11)13/h3-7H,1-2H3,(H,11,13). The van der Waals surface area contributed by atoms with Crippen molar-refractivity contribution in [2.75, 3.05) is 0 Å². The SMILES string of the molecule is CC(C)c1ccc(OC(=O)S)cc1. The van der Waals surface area contributed by atoms with E-state index in [-0.39, 0.29) is 0 Å². The highest BCUT2D eigenvalue weighted by Crippen LogP contribution is 2.18. The van der Waals surface area contributed by atoms with Gasteiger partial charge in [-0.25, -0.2) is 4.79 Å². The van der Waals surface area contributed by atoms with Crippen molar-refractivity contribution in [1.82, 2.24) is 0 Å². The predicted molar refractivity (Wildman–Crippen MR) is 55.5 cm³/mol. The van der Waals surface area contributed by atoms with Gasteiger partial charge in [0.05, 0.1) is 0 Å². The Hall–Kier alpha value is -0.960. The van der Waals surface area contributed by atoms with Gasteiger partial charge >= 0.3 is 5.30 Å². The molecular weight excluding hydrogens is 184 g/mol. The lowest BCUT2D eigenvalue weighted by atomic mass is 10.0. The lowest BCUT2D eigenvalue weighted by Gasteiger charge is -2.05. The summed E-state index contributed by atoms with van der Waals surface area (Å²) in [6.45, 7) is 4.22. The minimum atomic E-state index is -0.586. The number of benzene rings is 1. The molecule has 0 fully saturated rings. The van der Waals surface area contributed by atoms with Crippen molar-refractivity contribution in [2.45, 2.75) is 19.8 Å². The predicted octanol–water partition coefficient (Wildman–Crippen LogP) is 3.24. The van der Waals surface area contributed by atoms with E-state index in [1.807, 2.05) is 12.1 Å². The fraction of sp³-hybridized carbons (Fsp3) is 0.300. The fourth-order valence-electron chi connectivity index (χ4n) is 1.02. The van der Waals surface area contributed by atoms with Crippen LogP contribution < -0.4 is 4.74 Å². The minimum absolute atomic E-state index is 0.487. The molecule has 0 bridgehead atoms. The molecule has 3 heteroatoms. The molecule has 13 heavy (non-hydrogen) atoms. The maximum atomic E-state index is 10.5. The fourth-order valence-corrected chi connectivity index (χ4v) is 1.13. The van der Waals surface area contributed by atoms with Crippen molar-refractivity contribution in [3.8, 4) is 5.75 Å². The van der Waals surface area contributed by atoms with E-state index in [0.29, 0.717) is 11.7 Å². The molecule has 0 N–H and O–H groups in total. The second-order valence-electron chi connectivity index (χ2n) is 3.09. The molecule has 0 aliphatic heterocycles. The van der Waals surface area contributed by atoms with Gasteiger partial charge < -0.3 is 4.74 Å². The number of hydrogen-bond acceptors (Lipinski definition) is 2. The Morgan fingerprint density at radius 2 is 1.85 bits per heavy atom. The number of rotatable bonds is 2. The van der Waals surface area contributed by atoms with Crippen LogP contribution in [0.15, 0.2) is 24.3 Å². The highest BCUT2D eigenvalue weighted by Gasteiger charge is 2.00. The molecule has 0 atom stereocenters. The van der Waals surface area contributed by atoms with Crippen LogP contribution in [-0.4, -0.2) is 5.30 Å². The molecule has 1 rings (SSSR count). The topological polar surface area (TPSA) is 26.3 Å². The molecule has 0 saturated heterocycles. The zero-order valence-electron chi connectivity index (χ0n) is 7.65. The Morgan fingerprint density at radius 3 is 2.23 bits per heavy atom. The summed E-state index contributed by atoms with van der Waals surface area (Å²) in [6.07, 6.45) is 0. The maximum absolute atomic E-state index is 10.5. The molecule has 0 amide bonds. The largest absolute Gasteiger partial charge is 0.419 e. The van der Waals surface area contributed by atoms with Crippen LogP contribution in [-0.2, 0) is 0 Å². The quantitative estimate of drug-likeness (QED) is 0.580. The van der Waals surface area contributed by atoms with Crippen LogP contribution >= 0.6 is 12.6 Å². The lowest BCUT2D eigenvalue weighted by Crippen LogP contribution is -1.96. The van der Waals surface area contributed by atoms with Gasteiger partial charge in [-0.1, -0.05) is 38.6 Å². The molecule has 0 aliphatic rings. The van der Waals surface area contributed by atoms with Crippen LogP contribution in [0.3, 0.4) is 0 Å². The van der Waals surface area contributed by atoms with Crippen molar-refractivity contribution < 1.29 is 9.53 Å². The van der Waals surface area contributed by atoms with Crippen LogP contribution in [0.1, 0.15) is 25.3 Å². The van der Waals surface area contributed by atoms with Crippen molar-refractivity contribution in [3.63, 3.8) is 0 Å². The number of carbonyl (C=O) groups excluding carboxylic acids is 1. The van der Waals surface area contributed by atoms with E-state index in [1.165, 1.54) is 5.56 Å². The third kappa shape index (κ3) is 3.11. The van der Waals surface area contributed by atoms with Gasteiger partial charge in [-0.3, -0.25) is 0 Å². The van der Waals surface area contributed by atoms with E-state index in [2.05, 4.69) is 26.5 Å². The Bertz CT molecular complexity index is 290. The first-order valence-electron chi connectivity index (χ1n) is 4.10. The lowest BCUT2D eigenvalue weighted by molar-refractivity contribution is 0.227. The molecule has 0 spiro atoms. The first-order valence-corrected chi connectivity index (χ1v) is 4.55. The summed E-state index contributed by atoms with van der Waals surface area (Å²) in [5.41, 5.74) is 1.22. The highest BCUT2D eigenvalue weighted by molar-refractivity contribution is 7.96. The second-order valence-corrected chi connectivity index (χ2v) is 3.46. The van der Waals surface area contributed by atoms with Gasteiger partial charge in [-0.05, 0) is 23.6 Å². The molecule has 2 nitrogen and oxygen atoms in total. The molecule has 1 aromatic carbocycles. The molecule has 0 aliphatic carbocycles.